The van der Waals surface area contributed by atoms with Crippen molar-refractivity contribution in [2.75, 3.05) is 37.8 Å². The van der Waals surface area contributed by atoms with Gasteiger partial charge in [-0.2, -0.15) is 0 Å². The third kappa shape index (κ3) is 3.69. The van der Waals surface area contributed by atoms with E-state index < -0.39 is 0 Å². The fourth-order valence-corrected chi connectivity index (χ4v) is 1.53. The first-order valence-corrected chi connectivity index (χ1v) is 5.25. The molecule has 0 heterocycles. The van der Waals surface area contributed by atoms with Crippen molar-refractivity contribution >= 4 is 11.4 Å². The van der Waals surface area contributed by atoms with Gasteiger partial charge in [0.05, 0.1) is 24.6 Å². The molecule has 6 N–H and O–H groups in total. The van der Waals surface area contributed by atoms with E-state index in [4.69, 9.17) is 21.7 Å². The van der Waals surface area contributed by atoms with Gasteiger partial charge in [-0.1, -0.05) is 6.07 Å². The van der Waals surface area contributed by atoms with Crippen LogP contribution in [0.3, 0.4) is 0 Å². The largest absolute Gasteiger partial charge is 0.397 e. The normalized spacial score (nSPS) is 10.9. The summed E-state index contributed by atoms with van der Waals surface area (Å²) in [5.74, 6) is 0. The molecular weight excluding hydrogens is 206 g/mol. The minimum Gasteiger partial charge on any atom is -0.397 e. The van der Waals surface area contributed by atoms with E-state index >= 15 is 0 Å². The first kappa shape index (κ1) is 12.8. The second-order valence-electron chi connectivity index (χ2n) is 3.69. The number of rotatable bonds is 6. The molecule has 1 aromatic rings. The van der Waals surface area contributed by atoms with Gasteiger partial charge in [0, 0.05) is 19.6 Å². The first-order valence-electron chi connectivity index (χ1n) is 5.25. The van der Waals surface area contributed by atoms with Gasteiger partial charge in [0.1, 0.15) is 0 Å². The molecule has 5 nitrogen and oxygen atoms in total. The van der Waals surface area contributed by atoms with Crippen molar-refractivity contribution in [3.8, 4) is 0 Å². The highest BCUT2D eigenvalue weighted by atomic mass is 16.3. The number of anilines is 2. The lowest BCUT2D eigenvalue weighted by molar-refractivity contribution is 0.156. The molecule has 1 aromatic carbocycles. The Balaban J connectivity index is 2.65. The summed E-state index contributed by atoms with van der Waals surface area (Å²) < 4.78 is 0. The third-order valence-electron chi connectivity index (χ3n) is 2.39. The fourth-order valence-electron chi connectivity index (χ4n) is 1.53. The topological polar surface area (TPSA) is 95.7 Å². The number of nitrogens with two attached hydrogens (primary N) is 2. The van der Waals surface area contributed by atoms with Gasteiger partial charge in [-0.05, 0) is 17.7 Å². The van der Waals surface area contributed by atoms with E-state index in [0.29, 0.717) is 31.0 Å². The molecule has 90 valence electrons. The van der Waals surface area contributed by atoms with E-state index in [1.807, 2.05) is 17.0 Å². The van der Waals surface area contributed by atoms with Crippen LogP contribution < -0.4 is 11.5 Å². The number of hydrogen-bond donors (Lipinski definition) is 4. The van der Waals surface area contributed by atoms with Crippen LogP contribution in [0.1, 0.15) is 5.56 Å². The number of nitrogen functional groups attached to an aromatic ring is 2. The molecule has 1 rings (SSSR count). The van der Waals surface area contributed by atoms with Crippen LogP contribution in [-0.4, -0.2) is 41.4 Å². The quantitative estimate of drug-likeness (QED) is 0.496. The predicted molar refractivity (Wildman–Crippen MR) is 64.7 cm³/mol. The Kier molecular flexibility index (Phi) is 5.04. The lowest BCUT2D eigenvalue weighted by Crippen LogP contribution is -2.29. The van der Waals surface area contributed by atoms with Gasteiger partial charge in [-0.25, -0.2) is 0 Å². The van der Waals surface area contributed by atoms with Gasteiger partial charge in [0.2, 0.25) is 0 Å². The number of hydrogen-bond acceptors (Lipinski definition) is 5. The molecule has 0 saturated carbocycles. The van der Waals surface area contributed by atoms with Crippen molar-refractivity contribution in [2.45, 2.75) is 6.54 Å². The summed E-state index contributed by atoms with van der Waals surface area (Å²) in [7, 11) is 0. The van der Waals surface area contributed by atoms with Crippen LogP contribution in [0.15, 0.2) is 18.2 Å². The Morgan fingerprint density at radius 2 is 1.62 bits per heavy atom. The van der Waals surface area contributed by atoms with Crippen LogP contribution in [0, 0.1) is 0 Å². The Morgan fingerprint density at radius 3 is 2.12 bits per heavy atom. The fraction of sp³-hybridized carbons (Fsp3) is 0.455. The Morgan fingerprint density at radius 1 is 1.00 bits per heavy atom. The summed E-state index contributed by atoms with van der Waals surface area (Å²) in [6.07, 6.45) is 0. The van der Waals surface area contributed by atoms with E-state index in [1.165, 1.54) is 0 Å². The molecule has 16 heavy (non-hydrogen) atoms. The lowest BCUT2D eigenvalue weighted by atomic mass is 10.1. The van der Waals surface area contributed by atoms with Crippen LogP contribution in [0.2, 0.25) is 0 Å². The van der Waals surface area contributed by atoms with Gasteiger partial charge in [-0.3, -0.25) is 4.90 Å². The molecule has 0 unspecified atom stereocenters. The number of aliphatic hydroxyl groups excluding tert-OH is 2. The maximum absolute atomic E-state index is 8.87. The van der Waals surface area contributed by atoms with Gasteiger partial charge in [-0.15, -0.1) is 0 Å². The summed E-state index contributed by atoms with van der Waals surface area (Å²) in [4.78, 5) is 1.95. The molecule has 0 radical (unpaired) electrons. The van der Waals surface area contributed by atoms with E-state index in [9.17, 15) is 0 Å². The number of nitrogens with zero attached hydrogens (tertiary/aromatic N) is 1. The van der Waals surface area contributed by atoms with Crippen LogP contribution in [0.25, 0.3) is 0 Å². The van der Waals surface area contributed by atoms with Crippen molar-refractivity contribution in [1.82, 2.24) is 4.90 Å². The number of benzene rings is 1. The van der Waals surface area contributed by atoms with Gasteiger partial charge < -0.3 is 21.7 Å². The summed E-state index contributed by atoms with van der Waals surface area (Å²) in [5, 5.41) is 17.7. The molecule has 0 bridgehead atoms. The van der Waals surface area contributed by atoms with Gasteiger partial charge in [0.25, 0.3) is 0 Å². The smallest absolute Gasteiger partial charge is 0.0558 e. The SMILES string of the molecule is Nc1ccc(CN(CCO)CCO)cc1N. The van der Waals surface area contributed by atoms with Crippen LogP contribution in [0.4, 0.5) is 11.4 Å². The second-order valence-corrected chi connectivity index (χ2v) is 3.69. The zero-order chi connectivity index (χ0) is 12.0. The average Bonchev–Trinajstić information content (AvgIpc) is 2.24. The van der Waals surface area contributed by atoms with Gasteiger partial charge in [0.15, 0.2) is 0 Å². The van der Waals surface area contributed by atoms with Crippen molar-refractivity contribution in [2.24, 2.45) is 0 Å². The Labute approximate surface area is 95.3 Å². The maximum atomic E-state index is 8.87. The van der Waals surface area contributed by atoms with E-state index in [-0.39, 0.29) is 13.2 Å². The lowest BCUT2D eigenvalue weighted by Gasteiger charge is -2.20. The molecule has 0 fully saturated rings. The first-order chi connectivity index (χ1) is 7.67. The van der Waals surface area contributed by atoms with Crippen molar-refractivity contribution < 1.29 is 10.2 Å². The highest BCUT2D eigenvalue weighted by molar-refractivity contribution is 5.63. The monoisotopic (exact) mass is 225 g/mol. The minimum absolute atomic E-state index is 0.0739. The maximum Gasteiger partial charge on any atom is 0.0558 e. The molecular formula is C11H19N3O2. The second kappa shape index (κ2) is 6.32. The van der Waals surface area contributed by atoms with Crippen LogP contribution >= 0.6 is 0 Å². The average molecular weight is 225 g/mol. The summed E-state index contributed by atoms with van der Waals surface area (Å²) in [6, 6.07) is 5.48. The van der Waals surface area contributed by atoms with Crippen molar-refractivity contribution in [3.63, 3.8) is 0 Å². The minimum atomic E-state index is 0.0739. The molecule has 0 aliphatic rings. The molecule has 0 atom stereocenters. The van der Waals surface area contributed by atoms with E-state index in [0.717, 1.165) is 5.56 Å². The standard InChI is InChI=1S/C11H19N3O2/c12-10-2-1-9(7-11(10)13)8-14(3-5-15)4-6-16/h1-2,7,15-16H,3-6,8,12-13H2. The van der Waals surface area contributed by atoms with Crippen molar-refractivity contribution in [3.05, 3.63) is 23.8 Å². The summed E-state index contributed by atoms with van der Waals surface area (Å²) in [6.45, 7) is 1.86. The van der Waals surface area contributed by atoms with Crippen LogP contribution in [-0.2, 0) is 6.54 Å². The zero-order valence-corrected chi connectivity index (χ0v) is 9.26. The summed E-state index contributed by atoms with van der Waals surface area (Å²) in [5.41, 5.74) is 13.5. The predicted octanol–water partition coefficient (Wildman–Crippen LogP) is -0.362. The molecule has 0 spiro atoms. The van der Waals surface area contributed by atoms with Gasteiger partial charge >= 0.3 is 0 Å². The molecule has 0 saturated heterocycles. The third-order valence-corrected chi connectivity index (χ3v) is 2.39. The highest BCUT2D eigenvalue weighted by Crippen LogP contribution is 2.17. The molecule has 0 aliphatic heterocycles. The summed E-state index contributed by atoms with van der Waals surface area (Å²) >= 11 is 0. The van der Waals surface area contributed by atoms with Crippen molar-refractivity contribution in [1.29, 1.82) is 0 Å². The number of aliphatic hydroxyl groups is 2. The Bertz CT molecular complexity index is 325. The molecule has 0 aromatic heterocycles. The van der Waals surface area contributed by atoms with E-state index in [2.05, 4.69) is 0 Å². The van der Waals surface area contributed by atoms with E-state index in [1.54, 1.807) is 6.07 Å². The highest BCUT2D eigenvalue weighted by Gasteiger charge is 2.05. The molecule has 5 heteroatoms. The van der Waals surface area contributed by atoms with Crippen LogP contribution in [0.5, 0.6) is 0 Å². The zero-order valence-electron chi connectivity index (χ0n) is 9.26. The molecule has 0 amide bonds. The Hall–Kier alpha value is -1.30. The molecule has 0 aliphatic carbocycles.